The van der Waals surface area contributed by atoms with Crippen LogP contribution < -0.4 is 0 Å². The number of ether oxygens (including phenoxy) is 4. The fraction of sp³-hybridized carbons (Fsp3) is 0.951. The predicted octanol–water partition coefficient (Wildman–Crippen LogP) is 24.4. The van der Waals surface area contributed by atoms with E-state index in [4.69, 9.17) is 37.0 Å². The summed E-state index contributed by atoms with van der Waals surface area (Å²) in [5.41, 5.74) is 0. The van der Waals surface area contributed by atoms with E-state index in [2.05, 4.69) is 34.6 Å². The van der Waals surface area contributed by atoms with E-state index in [1.165, 1.54) is 257 Å². The Morgan fingerprint density at radius 2 is 0.460 bits per heavy atom. The van der Waals surface area contributed by atoms with E-state index in [-0.39, 0.29) is 25.7 Å². The van der Waals surface area contributed by atoms with Gasteiger partial charge in [-0.25, -0.2) is 9.13 Å². The van der Waals surface area contributed by atoms with Crippen molar-refractivity contribution in [3.05, 3.63) is 0 Å². The summed E-state index contributed by atoms with van der Waals surface area (Å²) in [6, 6.07) is 0. The first-order chi connectivity index (χ1) is 48.5. The maximum absolute atomic E-state index is 13.1. The summed E-state index contributed by atoms with van der Waals surface area (Å²) < 4.78 is 68.7. The molecule has 594 valence electrons. The standard InChI is InChI=1S/C81H158O17P2/c1-6-9-12-15-18-21-23-25-27-29-31-33-35-37-39-45-50-55-60-65-79(84)92-71-77(97-80(85)66-61-56-51-46-40-38-36-34-32-30-28-26-24-22-19-16-13-10-7-2)73-96-100(89,90)94-69-75(82)68-93-99(87,88)95-72-76(70-91-78(83)64-59-54-49-43-20-17-14-11-8-3)98-81(86)67-62-57-52-47-42-41-44-48-53-58-63-74(4)5/h74-77,82H,6-73H2,1-5H3,(H,87,88)(H,89,90)/t75-,76+,77+/m0/s1. The fourth-order valence-corrected chi connectivity index (χ4v) is 14.2. The number of phosphoric ester groups is 2. The van der Waals surface area contributed by atoms with Crippen LogP contribution in [0.15, 0.2) is 0 Å². The highest BCUT2D eigenvalue weighted by Gasteiger charge is 2.30. The Kier molecular flexibility index (Phi) is 72.5. The molecule has 0 amide bonds. The van der Waals surface area contributed by atoms with E-state index in [1.807, 2.05) is 0 Å². The molecule has 0 spiro atoms. The lowest BCUT2D eigenvalue weighted by Crippen LogP contribution is -2.30. The number of aliphatic hydroxyl groups is 1. The third-order valence-corrected chi connectivity index (χ3v) is 20.9. The number of phosphoric acid groups is 2. The molecule has 0 aliphatic rings. The highest BCUT2D eigenvalue weighted by Crippen LogP contribution is 2.45. The van der Waals surface area contributed by atoms with Crippen molar-refractivity contribution in [1.82, 2.24) is 0 Å². The minimum absolute atomic E-state index is 0.106. The van der Waals surface area contributed by atoms with Crippen LogP contribution >= 0.6 is 15.6 Å². The lowest BCUT2D eigenvalue weighted by molar-refractivity contribution is -0.161. The second-order valence-corrected chi connectivity index (χ2v) is 32.5. The van der Waals surface area contributed by atoms with Crippen LogP contribution in [0.5, 0.6) is 0 Å². The van der Waals surface area contributed by atoms with Crippen molar-refractivity contribution in [2.45, 2.75) is 451 Å². The molecule has 2 unspecified atom stereocenters. The number of hydrogen-bond donors (Lipinski definition) is 3. The van der Waals surface area contributed by atoms with E-state index in [9.17, 15) is 43.2 Å². The highest BCUT2D eigenvalue weighted by atomic mass is 31.2. The predicted molar refractivity (Wildman–Crippen MR) is 409 cm³/mol. The molecular formula is C81H158O17P2. The number of carbonyl (C=O) groups is 4. The van der Waals surface area contributed by atoms with Gasteiger partial charge in [0.25, 0.3) is 0 Å². The number of rotatable bonds is 81. The Morgan fingerprint density at radius 3 is 0.680 bits per heavy atom. The summed E-state index contributed by atoms with van der Waals surface area (Å²) in [4.78, 5) is 73.0. The third-order valence-electron chi connectivity index (χ3n) is 19.0. The second-order valence-electron chi connectivity index (χ2n) is 29.6. The van der Waals surface area contributed by atoms with Gasteiger partial charge >= 0.3 is 39.5 Å². The Morgan fingerprint density at radius 1 is 0.270 bits per heavy atom. The normalized spacial score (nSPS) is 13.8. The second kappa shape index (κ2) is 73.9. The van der Waals surface area contributed by atoms with Crippen LogP contribution in [0.3, 0.4) is 0 Å². The van der Waals surface area contributed by atoms with Gasteiger partial charge < -0.3 is 33.8 Å². The Balaban J connectivity index is 5.21. The molecule has 0 saturated carbocycles. The van der Waals surface area contributed by atoms with Gasteiger partial charge in [0.2, 0.25) is 0 Å². The molecule has 0 bridgehead atoms. The molecule has 5 atom stereocenters. The van der Waals surface area contributed by atoms with Crippen LogP contribution in [0, 0.1) is 5.92 Å². The number of unbranched alkanes of at least 4 members (excludes halogenated alkanes) is 53. The van der Waals surface area contributed by atoms with Crippen molar-refractivity contribution in [3.63, 3.8) is 0 Å². The van der Waals surface area contributed by atoms with Crippen LogP contribution in [-0.4, -0.2) is 96.7 Å². The fourth-order valence-electron chi connectivity index (χ4n) is 12.6. The summed E-state index contributed by atoms with van der Waals surface area (Å²) in [6.07, 6.45) is 65.3. The van der Waals surface area contributed by atoms with Crippen molar-refractivity contribution < 1.29 is 80.2 Å². The van der Waals surface area contributed by atoms with Crippen LogP contribution in [0.1, 0.15) is 433 Å². The summed E-state index contributed by atoms with van der Waals surface area (Å²) >= 11 is 0. The zero-order valence-electron chi connectivity index (χ0n) is 65.3. The largest absolute Gasteiger partial charge is 0.472 e. The van der Waals surface area contributed by atoms with Gasteiger partial charge in [-0.1, -0.05) is 381 Å². The van der Waals surface area contributed by atoms with Crippen molar-refractivity contribution in [2.75, 3.05) is 39.6 Å². The van der Waals surface area contributed by atoms with Crippen LogP contribution in [-0.2, 0) is 65.4 Å². The summed E-state index contributed by atoms with van der Waals surface area (Å²) in [6.45, 7) is 7.30. The van der Waals surface area contributed by atoms with Gasteiger partial charge in [-0.3, -0.25) is 37.3 Å². The molecule has 0 aliphatic carbocycles. The maximum atomic E-state index is 13.1. The molecule has 0 aliphatic heterocycles. The first-order valence-electron chi connectivity index (χ1n) is 42.1. The topological polar surface area (TPSA) is 237 Å². The summed E-state index contributed by atoms with van der Waals surface area (Å²) in [7, 11) is -9.92. The molecule has 0 aromatic heterocycles. The van der Waals surface area contributed by atoms with E-state index < -0.39 is 97.5 Å². The van der Waals surface area contributed by atoms with Gasteiger partial charge in [0.05, 0.1) is 26.4 Å². The lowest BCUT2D eigenvalue weighted by Gasteiger charge is -2.21. The molecule has 0 rings (SSSR count). The van der Waals surface area contributed by atoms with Crippen LogP contribution in [0.4, 0.5) is 0 Å². The van der Waals surface area contributed by atoms with Gasteiger partial charge in [-0.15, -0.1) is 0 Å². The number of esters is 4. The molecule has 0 saturated heterocycles. The average molecular weight is 1470 g/mol. The van der Waals surface area contributed by atoms with Gasteiger partial charge in [0, 0.05) is 25.7 Å². The van der Waals surface area contributed by atoms with E-state index >= 15 is 0 Å². The van der Waals surface area contributed by atoms with Crippen LogP contribution in [0.2, 0.25) is 0 Å². The van der Waals surface area contributed by atoms with E-state index in [1.54, 1.807) is 0 Å². The molecular weight excluding hydrogens is 1310 g/mol. The SMILES string of the molecule is CCCCCCCCCCCCCCCCCCCCCC(=O)OC[C@H](COP(=O)(O)OC[C@@H](O)COP(=O)(O)OC[C@@H](COC(=O)CCCCCCCCCCC)OC(=O)CCCCCCCCCCCCC(C)C)OC(=O)CCCCCCCCCCCCCCCCCCCCC. The van der Waals surface area contributed by atoms with Crippen molar-refractivity contribution in [2.24, 2.45) is 5.92 Å². The molecule has 0 fully saturated rings. The smallest absolute Gasteiger partial charge is 0.462 e. The molecule has 17 nitrogen and oxygen atoms in total. The highest BCUT2D eigenvalue weighted by molar-refractivity contribution is 7.47. The summed E-state index contributed by atoms with van der Waals surface area (Å²) in [5.74, 6) is -1.36. The first-order valence-corrected chi connectivity index (χ1v) is 45.1. The van der Waals surface area contributed by atoms with Gasteiger partial charge in [-0.05, 0) is 31.6 Å². The monoisotopic (exact) mass is 1470 g/mol. The average Bonchev–Trinajstić information content (AvgIpc) is 1.10. The number of aliphatic hydroxyl groups excluding tert-OH is 1. The van der Waals surface area contributed by atoms with Crippen LogP contribution in [0.25, 0.3) is 0 Å². The summed E-state index contributed by atoms with van der Waals surface area (Å²) in [5, 5.41) is 10.6. The number of hydrogen-bond acceptors (Lipinski definition) is 15. The first kappa shape index (κ1) is 98.1. The Hall–Kier alpha value is -1.94. The molecule has 0 aromatic rings. The lowest BCUT2D eigenvalue weighted by atomic mass is 10.0. The van der Waals surface area contributed by atoms with Crippen molar-refractivity contribution in [3.8, 4) is 0 Å². The molecule has 0 aromatic carbocycles. The molecule has 19 heteroatoms. The minimum atomic E-state index is -4.96. The maximum Gasteiger partial charge on any atom is 0.472 e. The number of carbonyl (C=O) groups excluding carboxylic acids is 4. The zero-order valence-corrected chi connectivity index (χ0v) is 67.1. The van der Waals surface area contributed by atoms with Crippen molar-refractivity contribution in [1.29, 1.82) is 0 Å². The molecule has 0 heterocycles. The van der Waals surface area contributed by atoms with E-state index in [0.717, 1.165) is 95.8 Å². The molecule has 0 radical (unpaired) electrons. The third kappa shape index (κ3) is 74.3. The molecule has 100 heavy (non-hydrogen) atoms. The van der Waals surface area contributed by atoms with E-state index in [0.29, 0.717) is 25.7 Å². The zero-order chi connectivity index (χ0) is 73.4. The Labute approximate surface area is 613 Å². The van der Waals surface area contributed by atoms with Gasteiger partial charge in [0.15, 0.2) is 12.2 Å². The minimum Gasteiger partial charge on any atom is -0.462 e. The van der Waals surface area contributed by atoms with Gasteiger partial charge in [0.1, 0.15) is 19.3 Å². The van der Waals surface area contributed by atoms with Crippen molar-refractivity contribution >= 4 is 39.5 Å². The molecule has 3 N–H and O–H groups in total. The Bertz CT molecular complexity index is 1910. The quantitative estimate of drug-likeness (QED) is 0.0222. The van der Waals surface area contributed by atoms with Gasteiger partial charge in [-0.2, -0.15) is 0 Å².